The maximum atomic E-state index is 4.20. The van der Waals surface area contributed by atoms with Gasteiger partial charge in [-0.2, -0.15) is 5.10 Å². The van der Waals surface area contributed by atoms with Gasteiger partial charge in [-0.15, -0.1) is 11.3 Å². The number of piperazine rings is 1. The van der Waals surface area contributed by atoms with Crippen LogP contribution in [0.2, 0.25) is 0 Å². The Morgan fingerprint density at radius 1 is 1.56 bits per heavy atom. The Balaban J connectivity index is 1.75. The van der Waals surface area contributed by atoms with Crippen molar-refractivity contribution in [3.05, 3.63) is 29.3 Å². The summed E-state index contributed by atoms with van der Waals surface area (Å²) < 4.78 is 0. The number of aromatic nitrogens is 2. The molecule has 1 fully saturated rings. The summed E-state index contributed by atoms with van der Waals surface area (Å²) >= 11 is 1.76. The molecule has 1 aliphatic rings. The lowest BCUT2D eigenvalue weighted by atomic mass is 10.1. The predicted octanol–water partition coefficient (Wildman–Crippen LogP) is 1.93. The van der Waals surface area contributed by atoms with Crippen LogP contribution in [0, 0.1) is 0 Å². The molecule has 18 heavy (non-hydrogen) atoms. The lowest BCUT2D eigenvalue weighted by Crippen LogP contribution is -2.48. The van der Waals surface area contributed by atoms with Crippen molar-refractivity contribution in [2.24, 2.45) is 0 Å². The fourth-order valence-electron chi connectivity index (χ4n) is 2.46. The van der Waals surface area contributed by atoms with Crippen molar-refractivity contribution in [3.8, 4) is 10.6 Å². The summed E-state index contributed by atoms with van der Waals surface area (Å²) in [7, 11) is 0. The topological polar surface area (TPSA) is 44.0 Å². The number of thiophene rings is 1. The number of hydrogen-bond donors (Lipinski definition) is 2. The van der Waals surface area contributed by atoms with Crippen LogP contribution in [0.1, 0.15) is 12.5 Å². The van der Waals surface area contributed by atoms with Gasteiger partial charge in [0, 0.05) is 37.8 Å². The number of hydrogen-bond acceptors (Lipinski definition) is 4. The quantitative estimate of drug-likeness (QED) is 0.888. The Hall–Kier alpha value is -1.17. The first kappa shape index (κ1) is 11.9. The molecule has 1 aliphatic heterocycles. The minimum atomic E-state index is 0.579. The Kier molecular flexibility index (Phi) is 3.45. The normalized spacial score (nSPS) is 21.3. The molecule has 0 saturated carbocycles. The van der Waals surface area contributed by atoms with Gasteiger partial charge in [0.1, 0.15) is 0 Å². The van der Waals surface area contributed by atoms with Crippen LogP contribution < -0.4 is 5.32 Å². The van der Waals surface area contributed by atoms with Crippen molar-refractivity contribution in [2.45, 2.75) is 19.5 Å². The van der Waals surface area contributed by atoms with Crippen LogP contribution in [0.3, 0.4) is 0 Å². The van der Waals surface area contributed by atoms with Crippen molar-refractivity contribution in [1.82, 2.24) is 20.4 Å². The SMILES string of the molecule is C[C@@H]1CN(Cc2cn[nH]c2-c2cccs2)CCN1. The van der Waals surface area contributed by atoms with Crippen LogP contribution in [-0.4, -0.2) is 40.8 Å². The van der Waals surface area contributed by atoms with Crippen LogP contribution in [0.25, 0.3) is 10.6 Å². The van der Waals surface area contributed by atoms with E-state index in [-0.39, 0.29) is 0 Å². The number of nitrogens with zero attached hydrogens (tertiary/aromatic N) is 2. The molecule has 0 radical (unpaired) electrons. The Morgan fingerprint density at radius 2 is 2.50 bits per heavy atom. The van der Waals surface area contributed by atoms with Crippen molar-refractivity contribution < 1.29 is 0 Å². The number of H-pyrrole nitrogens is 1. The van der Waals surface area contributed by atoms with Crippen LogP contribution in [0.4, 0.5) is 0 Å². The van der Waals surface area contributed by atoms with Gasteiger partial charge in [0.25, 0.3) is 0 Å². The van der Waals surface area contributed by atoms with Gasteiger partial charge < -0.3 is 5.32 Å². The molecule has 0 aliphatic carbocycles. The summed E-state index contributed by atoms with van der Waals surface area (Å²) in [5, 5.41) is 12.9. The molecule has 0 amide bonds. The molecule has 3 rings (SSSR count). The van der Waals surface area contributed by atoms with E-state index in [9.17, 15) is 0 Å². The minimum absolute atomic E-state index is 0.579. The molecule has 2 aromatic heterocycles. The molecule has 96 valence electrons. The second-order valence-corrected chi connectivity index (χ2v) is 5.79. The third kappa shape index (κ3) is 2.48. The highest BCUT2D eigenvalue weighted by atomic mass is 32.1. The number of aromatic amines is 1. The molecule has 1 atom stereocenters. The average Bonchev–Trinajstić information content (AvgIpc) is 2.98. The summed E-state index contributed by atoms with van der Waals surface area (Å²) in [5.74, 6) is 0. The first-order valence-corrected chi connectivity index (χ1v) is 7.23. The van der Waals surface area contributed by atoms with E-state index >= 15 is 0 Å². The maximum Gasteiger partial charge on any atom is 0.0794 e. The Morgan fingerprint density at radius 3 is 3.28 bits per heavy atom. The summed E-state index contributed by atoms with van der Waals surface area (Å²) in [5.41, 5.74) is 2.47. The number of nitrogens with one attached hydrogen (secondary N) is 2. The Bertz CT molecular complexity index is 491. The fraction of sp³-hybridized carbons (Fsp3) is 0.462. The molecule has 0 spiro atoms. The molecular weight excluding hydrogens is 244 g/mol. The maximum absolute atomic E-state index is 4.20. The highest BCUT2D eigenvalue weighted by Crippen LogP contribution is 2.26. The summed E-state index contributed by atoms with van der Waals surface area (Å²) in [4.78, 5) is 3.76. The largest absolute Gasteiger partial charge is 0.312 e. The van der Waals surface area contributed by atoms with Gasteiger partial charge >= 0.3 is 0 Å². The van der Waals surface area contributed by atoms with Crippen LogP contribution >= 0.6 is 11.3 Å². The third-order valence-corrected chi connectivity index (χ3v) is 4.22. The van der Waals surface area contributed by atoms with E-state index in [1.807, 2.05) is 6.20 Å². The van der Waals surface area contributed by atoms with Gasteiger partial charge in [-0.3, -0.25) is 10.00 Å². The van der Waals surface area contributed by atoms with Gasteiger partial charge in [0.2, 0.25) is 0 Å². The van der Waals surface area contributed by atoms with Crippen molar-refractivity contribution in [2.75, 3.05) is 19.6 Å². The molecule has 3 heterocycles. The summed E-state index contributed by atoms with van der Waals surface area (Å²) in [6.07, 6.45) is 1.96. The van der Waals surface area contributed by atoms with Crippen LogP contribution in [0.5, 0.6) is 0 Å². The monoisotopic (exact) mass is 262 g/mol. The predicted molar refractivity (Wildman–Crippen MR) is 74.6 cm³/mol. The fourth-order valence-corrected chi connectivity index (χ4v) is 3.22. The van der Waals surface area contributed by atoms with E-state index < -0.39 is 0 Å². The number of rotatable bonds is 3. The van der Waals surface area contributed by atoms with E-state index in [1.165, 1.54) is 16.1 Å². The molecule has 1 saturated heterocycles. The second kappa shape index (κ2) is 5.22. The summed E-state index contributed by atoms with van der Waals surface area (Å²) in [6.45, 7) is 6.51. The Labute approximate surface area is 111 Å². The molecule has 0 aromatic carbocycles. The van der Waals surface area contributed by atoms with E-state index in [0.717, 1.165) is 26.2 Å². The van der Waals surface area contributed by atoms with E-state index in [2.05, 4.69) is 44.9 Å². The van der Waals surface area contributed by atoms with Gasteiger partial charge in [0.15, 0.2) is 0 Å². The molecule has 5 heteroatoms. The second-order valence-electron chi connectivity index (χ2n) is 4.84. The minimum Gasteiger partial charge on any atom is -0.312 e. The molecule has 2 aromatic rings. The van der Waals surface area contributed by atoms with Crippen LogP contribution in [0.15, 0.2) is 23.7 Å². The summed E-state index contributed by atoms with van der Waals surface area (Å²) in [6, 6.07) is 4.80. The molecule has 4 nitrogen and oxygen atoms in total. The first-order valence-electron chi connectivity index (χ1n) is 6.35. The van der Waals surface area contributed by atoms with Crippen molar-refractivity contribution in [3.63, 3.8) is 0 Å². The standard InChI is InChI=1S/C13H18N4S/c1-10-8-17(5-4-14-10)9-11-7-15-16-13(11)12-3-2-6-18-12/h2-3,6-7,10,14H,4-5,8-9H2,1H3,(H,15,16)/t10-/m1/s1. The first-order chi connectivity index (χ1) is 8.83. The van der Waals surface area contributed by atoms with Gasteiger partial charge in [-0.25, -0.2) is 0 Å². The molecule has 0 unspecified atom stereocenters. The lowest BCUT2D eigenvalue weighted by Gasteiger charge is -2.31. The van der Waals surface area contributed by atoms with Gasteiger partial charge in [-0.1, -0.05) is 6.07 Å². The highest BCUT2D eigenvalue weighted by molar-refractivity contribution is 7.13. The van der Waals surface area contributed by atoms with E-state index in [1.54, 1.807) is 11.3 Å². The molecule has 2 N–H and O–H groups in total. The van der Waals surface area contributed by atoms with Crippen molar-refractivity contribution >= 4 is 11.3 Å². The average molecular weight is 262 g/mol. The van der Waals surface area contributed by atoms with Crippen LogP contribution in [-0.2, 0) is 6.54 Å². The molecule has 0 bridgehead atoms. The van der Waals surface area contributed by atoms with E-state index in [4.69, 9.17) is 0 Å². The van der Waals surface area contributed by atoms with Gasteiger partial charge in [0.05, 0.1) is 16.8 Å². The smallest absolute Gasteiger partial charge is 0.0794 e. The zero-order valence-electron chi connectivity index (χ0n) is 10.5. The van der Waals surface area contributed by atoms with Gasteiger partial charge in [-0.05, 0) is 18.4 Å². The highest BCUT2D eigenvalue weighted by Gasteiger charge is 2.18. The zero-order valence-corrected chi connectivity index (χ0v) is 11.3. The zero-order chi connectivity index (χ0) is 12.4. The van der Waals surface area contributed by atoms with E-state index in [0.29, 0.717) is 6.04 Å². The lowest BCUT2D eigenvalue weighted by molar-refractivity contribution is 0.200. The van der Waals surface area contributed by atoms with Crippen molar-refractivity contribution in [1.29, 1.82) is 0 Å². The molecular formula is C13H18N4S. The third-order valence-electron chi connectivity index (χ3n) is 3.33.